The van der Waals surface area contributed by atoms with Crippen molar-refractivity contribution in [1.29, 1.82) is 0 Å². The van der Waals surface area contributed by atoms with Crippen molar-refractivity contribution in [3.63, 3.8) is 0 Å². The molecule has 2 fully saturated rings. The lowest BCUT2D eigenvalue weighted by Crippen LogP contribution is -2.52. The second-order valence-electron chi connectivity index (χ2n) is 5.26. The summed E-state index contributed by atoms with van der Waals surface area (Å²) in [6, 6.07) is 1.95. The van der Waals surface area contributed by atoms with Gasteiger partial charge in [-0.05, 0) is 6.92 Å². The Hall–Kier alpha value is -1.34. The van der Waals surface area contributed by atoms with Crippen LogP contribution in [0.4, 0.5) is 5.82 Å². The van der Waals surface area contributed by atoms with Gasteiger partial charge in [0.05, 0.1) is 13.2 Å². The van der Waals surface area contributed by atoms with E-state index in [1.54, 1.807) is 6.33 Å². The summed E-state index contributed by atoms with van der Waals surface area (Å²) in [5, 5.41) is 0. The minimum atomic E-state index is -0.378. The van der Waals surface area contributed by atoms with Gasteiger partial charge in [-0.2, -0.15) is 11.8 Å². The Kier molecular flexibility index (Phi) is 4.60. The number of nitrogens with zero attached hydrogens (tertiary/aromatic N) is 4. The lowest BCUT2D eigenvalue weighted by Gasteiger charge is -2.36. The number of ether oxygens (including phenoxy) is 1. The maximum absolute atomic E-state index is 12.5. The zero-order valence-electron chi connectivity index (χ0n) is 12.2. The van der Waals surface area contributed by atoms with Crippen LogP contribution in [0.15, 0.2) is 12.4 Å². The minimum Gasteiger partial charge on any atom is -0.365 e. The molecule has 3 rings (SSSR count). The largest absolute Gasteiger partial charge is 0.365 e. The van der Waals surface area contributed by atoms with Crippen molar-refractivity contribution in [2.45, 2.75) is 13.0 Å². The molecule has 0 N–H and O–H groups in total. The highest BCUT2D eigenvalue weighted by Gasteiger charge is 2.31. The van der Waals surface area contributed by atoms with Crippen LogP contribution in [-0.2, 0) is 9.53 Å². The van der Waals surface area contributed by atoms with Gasteiger partial charge in [-0.15, -0.1) is 0 Å². The minimum absolute atomic E-state index is 0.116. The normalized spacial score (nSPS) is 23.2. The van der Waals surface area contributed by atoms with E-state index in [1.807, 2.05) is 29.7 Å². The maximum Gasteiger partial charge on any atom is 0.253 e. The van der Waals surface area contributed by atoms with Crippen LogP contribution in [0.2, 0.25) is 0 Å². The van der Waals surface area contributed by atoms with E-state index in [-0.39, 0.29) is 12.0 Å². The van der Waals surface area contributed by atoms with Gasteiger partial charge in [-0.1, -0.05) is 0 Å². The van der Waals surface area contributed by atoms with Crippen LogP contribution >= 0.6 is 11.8 Å². The van der Waals surface area contributed by atoms with Gasteiger partial charge in [0.1, 0.15) is 12.1 Å². The highest BCUT2D eigenvalue weighted by atomic mass is 32.2. The van der Waals surface area contributed by atoms with Crippen LogP contribution in [0, 0.1) is 6.92 Å². The van der Waals surface area contributed by atoms with E-state index in [2.05, 4.69) is 14.9 Å². The van der Waals surface area contributed by atoms with Gasteiger partial charge in [0, 0.05) is 42.9 Å². The van der Waals surface area contributed by atoms with E-state index < -0.39 is 0 Å². The molecule has 114 valence electrons. The van der Waals surface area contributed by atoms with Gasteiger partial charge < -0.3 is 14.5 Å². The second kappa shape index (κ2) is 6.62. The van der Waals surface area contributed by atoms with Crippen molar-refractivity contribution >= 4 is 23.5 Å². The molecule has 0 aromatic carbocycles. The molecule has 21 heavy (non-hydrogen) atoms. The molecule has 0 radical (unpaired) electrons. The fourth-order valence-corrected chi connectivity index (χ4v) is 3.51. The van der Waals surface area contributed by atoms with Gasteiger partial charge in [0.25, 0.3) is 5.91 Å². The number of rotatable bonds is 2. The SMILES string of the molecule is Cc1cc(N2CCOC(C(=O)N3CCSCC3)C2)ncn1. The van der Waals surface area contributed by atoms with Crippen LogP contribution in [0.1, 0.15) is 5.69 Å². The molecule has 6 nitrogen and oxygen atoms in total. The predicted octanol–water partition coefficient (Wildman–Crippen LogP) is 0.566. The van der Waals surface area contributed by atoms with E-state index >= 15 is 0 Å². The molecule has 1 amide bonds. The van der Waals surface area contributed by atoms with Gasteiger partial charge in [0.15, 0.2) is 6.10 Å². The molecule has 3 heterocycles. The highest BCUT2D eigenvalue weighted by Crippen LogP contribution is 2.18. The lowest BCUT2D eigenvalue weighted by atomic mass is 10.2. The van der Waals surface area contributed by atoms with Crippen molar-refractivity contribution in [2.24, 2.45) is 0 Å². The molecule has 0 saturated carbocycles. The highest BCUT2D eigenvalue weighted by molar-refractivity contribution is 7.99. The van der Waals surface area contributed by atoms with Crippen LogP contribution in [0.25, 0.3) is 0 Å². The number of aromatic nitrogens is 2. The monoisotopic (exact) mass is 308 g/mol. The van der Waals surface area contributed by atoms with Gasteiger partial charge in [-0.3, -0.25) is 4.79 Å². The molecule has 2 aliphatic rings. The summed E-state index contributed by atoms with van der Waals surface area (Å²) in [6.07, 6.45) is 1.19. The quantitative estimate of drug-likeness (QED) is 0.796. The second-order valence-corrected chi connectivity index (χ2v) is 6.49. The van der Waals surface area contributed by atoms with Crippen molar-refractivity contribution in [2.75, 3.05) is 49.2 Å². The third-order valence-corrected chi connectivity index (χ3v) is 4.72. The van der Waals surface area contributed by atoms with Crippen LogP contribution in [0.3, 0.4) is 0 Å². The number of amides is 1. The van der Waals surface area contributed by atoms with E-state index in [1.165, 1.54) is 0 Å². The molecule has 0 aliphatic carbocycles. The van der Waals surface area contributed by atoms with Crippen molar-refractivity contribution in [3.05, 3.63) is 18.1 Å². The zero-order valence-corrected chi connectivity index (χ0v) is 13.0. The average molecular weight is 308 g/mol. The predicted molar refractivity (Wildman–Crippen MR) is 82.6 cm³/mol. The summed E-state index contributed by atoms with van der Waals surface area (Å²) in [4.78, 5) is 25.0. The molecule has 1 aromatic rings. The first-order chi connectivity index (χ1) is 10.2. The summed E-state index contributed by atoms with van der Waals surface area (Å²) >= 11 is 1.90. The van der Waals surface area contributed by atoms with Gasteiger partial charge in [0.2, 0.25) is 0 Å². The molecule has 7 heteroatoms. The summed E-state index contributed by atoms with van der Waals surface area (Å²) in [7, 11) is 0. The van der Waals surface area contributed by atoms with Crippen molar-refractivity contribution < 1.29 is 9.53 Å². The molecule has 2 aliphatic heterocycles. The molecule has 1 atom stereocenters. The van der Waals surface area contributed by atoms with Crippen LogP contribution in [-0.4, -0.2) is 71.2 Å². The van der Waals surface area contributed by atoms with Crippen LogP contribution < -0.4 is 4.90 Å². The number of aryl methyl sites for hydroxylation is 1. The standard InChI is InChI=1S/C14H20N4O2S/c1-11-8-13(16-10-15-11)18-2-5-20-12(9-18)14(19)17-3-6-21-7-4-17/h8,10,12H,2-7,9H2,1H3. The third-order valence-electron chi connectivity index (χ3n) is 3.78. The van der Waals surface area contributed by atoms with E-state index in [4.69, 9.17) is 4.74 Å². The van der Waals surface area contributed by atoms with Crippen molar-refractivity contribution in [1.82, 2.24) is 14.9 Å². The first-order valence-electron chi connectivity index (χ1n) is 7.26. The molecular formula is C14H20N4O2S. The summed E-state index contributed by atoms with van der Waals surface area (Å²) in [5.74, 6) is 3.03. The smallest absolute Gasteiger partial charge is 0.253 e. The average Bonchev–Trinajstić information content (AvgIpc) is 2.55. The Morgan fingerprint density at radius 3 is 2.90 bits per heavy atom. The Morgan fingerprint density at radius 2 is 2.14 bits per heavy atom. The maximum atomic E-state index is 12.5. The number of carbonyl (C=O) groups excluding carboxylic acids is 1. The Balaban J connectivity index is 1.66. The number of carbonyl (C=O) groups is 1. The Morgan fingerprint density at radius 1 is 1.33 bits per heavy atom. The van der Waals surface area contributed by atoms with Crippen LogP contribution in [0.5, 0.6) is 0 Å². The number of thioether (sulfide) groups is 1. The first kappa shape index (κ1) is 14.6. The zero-order chi connectivity index (χ0) is 14.7. The first-order valence-corrected chi connectivity index (χ1v) is 8.41. The molecule has 0 bridgehead atoms. The van der Waals surface area contributed by atoms with E-state index in [0.29, 0.717) is 13.2 Å². The fourth-order valence-electron chi connectivity index (χ4n) is 2.61. The fraction of sp³-hybridized carbons (Fsp3) is 0.643. The number of hydrogen-bond acceptors (Lipinski definition) is 6. The van der Waals surface area contributed by atoms with Gasteiger partial charge in [-0.25, -0.2) is 9.97 Å². The van der Waals surface area contributed by atoms with E-state index in [0.717, 1.165) is 42.7 Å². The summed E-state index contributed by atoms with van der Waals surface area (Å²) in [6.45, 7) is 5.49. The molecular weight excluding hydrogens is 288 g/mol. The number of anilines is 1. The van der Waals surface area contributed by atoms with E-state index in [9.17, 15) is 4.79 Å². The van der Waals surface area contributed by atoms with Gasteiger partial charge >= 0.3 is 0 Å². The Labute approximate surface area is 128 Å². The third kappa shape index (κ3) is 3.47. The molecule has 1 aromatic heterocycles. The molecule has 0 spiro atoms. The summed E-state index contributed by atoms with van der Waals surface area (Å²) in [5.41, 5.74) is 0.933. The van der Waals surface area contributed by atoms with Crippen molar-refractivity contribution in [3.8, 4) is 0 Å². The lowest BCUT2D eigenvalue weighted by molar-refractivity contribution is -0.144. The summed E-state index contributed by atoms with van der Waals surface area (Å²) < 4.78 is 5.69. The topological polar surface area (TPSA) is 58.6 Å². The molecule has 2 saturated heterocycles. The molecule has 1 unspecified atom stereocenters. The Bertz CT molecular complexity index is 508. The number of hydrogen-bond donors (Lipinski definition) is 0. The number of morpholine rings is 1.